The molecule has 0 atom stereocenters. The van der Waals surface area contributed by atoms with Crippen LogP contribution in [-0.2, 0) is 16.6 Å². The second-order valence-corrected chi connectivity index (χ2v) is 6.29. The predicted molar refractivity (Wildman–Crippen MR) is 72.1 cm³/mol. The quantitative estimate of drug-likeness (QED) is 0.925. The number of aromatic amines is 1. The SMILES string of the molecule is CN(Cc1ccccc1F)S(=O)(=O)c1ccc(=O)[nH]c1. The van der Waals surface area contributed by atoms with Crippen molar-refractivity contribution in [1.29, 1.82) is 0 Å². The summed E-state index contributed by atoms with van der Waals surface area (Å²) in [6.45, 7) is -0.0892. The topological polar surface area (TPSA) is 70.2 Å². The van der Waals surface area contributed by atoms with Crippen LogP contribution < -0.4 is 5.56 Å². The average Bonchev–Trinajstić information content (AvgIpc) is 2.41. The molecule has 1 N–H and O–H groups in total. The van der Waals surface area contributed by atoms with E-state index < -0.39 is 15.8 Å². The lowest BCUT2D eigenvalue weighted by molar-refractivity contribution is 0.456. The zero-order valence-corrected chi connectivity index (χ0v) is 11.5. The van der Waals surface area contributed by atoms with Crippen LogP contribution >= 0.6 is 0 Å². The zero-order chi connectivity index (χ0) is 14.8. The maximum Gasteiger partial charge on any atom is 0.247 e. The number of benzene rings is 1. The van der Waals surface area contributed by atoms with Crippen LogP contribution in [0.5, 0.6) is 0 Å². The van der Waals surface area contributed by atoms with E-state index in [4.69, 9.17) is 0 Å². The highest BCUT2D eigenvalue weighted by molar-refractivity contribution is 7.89. The van der Waals surface area contributed by atoms with E-state index >= 15 is 0 Å². The minimum atomic E-state index is -3.77. The van der Waals surface area contributed by atoms with Crippen LogP contribution in [0.1, 0.15) is 5.56 Å². The van der Waals surface area contributed by atoms with Gasteiger partial charge < -0.3 is 4.98 Å². The molecule has 0 aliphatic rings. The van der Waals surface area contributed by atoms with E-state index in [1.807, 2.05) is 0 Å². The maximum absolute atomic E-state index is 13.5. The van der Waals surface area contributed by atoms with Crippen molar-refractivity contribution >= 4 is 10.0 Å². The van der Waals surface area contributed by atoms with E-state index in [2.05, 4.69) is 4.98 Å². The molecular formula is C13H13FN2O3S. The van der Waals surface area contributed by atoms with Crippen LogP contribution in [-0.4, -0.2) is 24.8 Å². The van der Waals surface area contributed by atoms with Gasteiger partial charge in [-0.3, -0.25) is 4.79 Å². The molecule has 0 fully saturated rings. The average molecular weight is 296 g/mol. The van der Waals surface area contributed by atoms with Crippen molar-refractivity contribution in [3.8, 4) is 0 Å². The monoisotopic (exact) mass is 296 g/mol. The van der Waals surface area contributed by atoms with Gasteiger partial charge in [0.25, 0.3) is 0 Å². The number of nitrogens with one attached hydrogen (secondary N) is 1. The number of pyridine rings is 1. The van der Waals surface area contributed by atoms with Crippen molar-refractivity contribution < 1.29 is 12.8 Å². The molecule has 1 heterocycles. The Bertz CT molecular complexity index is 751. The van der Waals surface area contributed by atoms with E-state index in [9.17, 15) is 17.6 Å². The second kappa shape index (κ2) is 5.56. The molecule has 1 aromatic heterocycles. The number of halogens is 1. The van der Waals surface area contributed by atoms with Gasteiger partial charge in [-0.2, -0.15) is 4.31 Å². The summed E-state index contributed by atoms with van der Waals surface area (Å²) in [6.07, 6.45) is 1.12. The molecule has 0 aliphatic heterocycles. The summed E-state index contributed by atoms with van der Waals surface area (Å²) in [5.74, 6) is -0.462. The first kappa shape index (κ1) is 14.4. The lowest BCUT2D eigenvalue weighted by atomic mass is 10.2. The van der Waals surface area contributed by atoms with Gasteiger partial charge in [0, 0.05) is 31.4 Å². The van der Waals surface area contributed by atoms with Gasteiger partial charge in [-0.15, -0.1) is 0 Å². The third kappa shape index (κ3) is 2.94. The molecule has 106 valence electrons. The van der Waals surface area contributed by atoms with Crippen LogP contribution in [0, 0.1) is 5.82 Å². The fourth-order valence-corrected chi connectivity index (χ4v) is 2.80. The van der Waals surface area contributed by atoms with Gasteiger partial charge in [-0.1, -0.05) is 18.2 Å². The highest BCUT2D eigenvalue weighted by Gasteiger charge is 2.21. The first-order valence-electron chi connectivity index (χ1n) is 5.80. The highest BCUT2D eigenvalue weighted by Crippen LogP contribution is 2.16. The number of hydrogen-bond acceptors (Lipinski definition) is 3. The molecule has 0 aliphatic carbocycles. The molecule has 2 rings (SSSR count). The Morgan fingerprint density at radius 3 is 2.50 bits per heavy atom. The number of aromatic nitrogens is 1. The maximum atomic E-state index is 13.5. The van der Waals surface area contributed by atoms with Crippen molar-refractivity contribution in [2.45, 2.75) is 11.4 Å². The third-order valence-corrected chi connectivity index (χ3v) is 4.61. The predicted octanol–water partition coefficient (Wildman–Crippen LogP) is 1.33. The molecule has 0 spiro atoms. The second-order valence-electron chi connectivity index (χ2n) is 4.24. The molecule has 0 bridgehead atoms. The van der Waals surface area contributed by atoms with Crippen molar-refractivity contribution in [2.24, 2.45) is 0 Å². The molecule has 1 aromatic carbocycles. The van der Waals surface area contributed by atoms with Gasteiger partial charge >= 0.3 is 0 Å². The lowest BCUT2D eigenvalue weighted by Crippen LogP contribution is -2.27. The Morgan fingerprint density at radius 1 is 1.20 bits per heavy atom. The Morgan fingerprint density at radius 2 is 1.90 bits per heavy atom. The minimum absolute atomic E-state index is 0.0454. The van der Waals surface area contributed by atoms with Crippen LogP contribution in [0.15, 0.2) is 52.3 Å². The molecule has 0 radical (unpaired) electrons. The Balaban J connectivity index is 2.28. The van der Waals surface area contributed by atoms with Crippen molar-refractivity contribution in [3.05, 3.63) is 64.3 Å². The summed E-state index contributed by atoms with van der Waals surface area (Å²) in [5.41, 5.74) is -0.108. The van der Waals surface area contributed by atoms with E-state index in [1.165, 1.54) is 31.3 Å². The molecule has 2 aromatic rings. The van der Waals surface area contributed by atoms with E-state index in [0.717, 1.165) is 16.6 Å². The summed E-state index contributed by atoms with van der Waals surface area (Å²) in [4.78, 5) is 13.2. The Labute approximate surface area is 115 Å². The summed E-state index contributed by atoms with van der Waals surface area (Å²) in [5, 5.41) is 0. The van der Waals surface area contributed by atoms with E-state index in [1.54, 1.807) is 6.07 Å². The van der Waals surface area contributed by atoms with E-state index in [-0.39, 0.29) is 22.6 Å². The Kier molecular flexibility index (Phi) is 4.01. The van der Waals surface area contributed by atoms with Crippen LogP contribution in [0.25, 0.3) is 0 Å². The molecular weight excluding hydrogens is 283 g/mol. The van der Waals surface area contributed by atoms with Crippen LogP contribution in [0.4, 0.5) is 4.39 Å². The molecule has 20 heavy (non-hydrogen) atoms. The molecule has 0 amide bonds. The van der Waals surface area contributed by atoms with Gasteiger partial charge in [0.1, 0.15) is 5.82 Å². The summed E-state index contributed by atoms with van der Waals surface area (Å²) >= 11 is 0. The summed E-state index contributed by atoms with van der Waals surface area (Å²) in [7, 11) is -2.42. The number of rotatable bonds is 4. The van der Waals surface area contributed by atoms with Crippen LogP contribution in [0.3, 0.4) is 0 Å². The standard InChI is InChI=1S/C13H13FN2O3S/c1-16(9-10-4-2-3-5-12(10)14)20(18,19)11-6-7-13(17)15-8-11/h2-8H,9H2,1H3,(H,15,17). The van der Waals surface area contributed by atoms with E-state index in [0.29, 0.717) is 0 Å². The van der Waals surface area contributed by atoms with Crippen molar-refractivity contribution in [3.63, 3.8) is 0 Å². The molecule has 5 nitrogen and oxygen atoms in total. The van der Waals surface area contributed by atoms with Crippen molar-refractivity contribution in [2.75, 3.05) is 7.05 Å². The fourth-order valence-electron chi connectivity index (χ4n) is 1.69. The van der Waals surface area contributed by atoms with Gasteiger partial charge in [0.2, 0.25) is 15.6 Å². The minimum Gasteiger partial charge on any atom is -0.328 e. The van der Waals surface area contributed by atoms with Gasteiger partial charge in [-0.05, 0) is 12.1 Å². The van der Waals surface area contributed by atoms with Gasteiger partial charge in [0.15, 0.2) is 0 Å². The normalized spacial score (nSPS) is 11.8. The third-order valence-electron chi connectivity index (χ3n) is 2.81. The highest BCUT2D eigenvalue weighted by atomic mass is 32.2. The number of H-pyrrole nitrogens is 1. The first-order valence-corrected chi connectivity index (χ1v) is 7.24. The van der Waals surface area contributed by atoms with Crippen LogP contribution in [0.2, 0.25) is 0 Å². The lowest BCUT2D eigenvalue weighted by Gasteiger charge is -2.17. The smallest absolute Gasteiger partial charge is 0.247 e. The number of sulfonamides is 1. The van der Waals surface area contributed by atoms with Gasteiger partial charge in [-0.25, -0.2) is 12.8 Å². The fraction of sp³-hybridized carbons (Fsp3) is 0.154. The summed E-state index contributed by atoms with van der Waals surface area (Å²) < 4.78 is 39.0. The first-order chi connectivity index (χ1) is 9.41. The molecule has 0 saturated carbocycles. The molecule has 0 saturated heterocycles. The number of nitrogens with zero attached hydrogens (tertiary/aromatic N) is 1. The van der Waals surface area contributed by atoms with Crippen molar-refractivity contribution in [1.82, 2.24) is 9.29 Å². The molecule has 0 unspecified atom stereocenters. The number of hydrogen-bond donors (Lipinski definition) is 1. The Hall–Kier alpha value is -1.99. The van der Waals surface area contributed by atoms with Gasteiger partial charge in [0.05, 0.1) is 4.90 Å². The largest absolute Gasteiger partial charge is 0.328 e. The zero-order valence-electron chi connectivity index (χ0n) is 10.7. The summed E-state index contributed by atoms with van der Waals surface area (Å²) in [6, 6.07) is 8.31. The molecule has 7 heteroatoms.